The lowest BCUT2D eigenvalue weighted by Crippen LogP contribution is -2.30. The van der Waals surface area contributed by atoms with E-state index >= 15 is 0 Å². The number of rotatable bonds is 6. The first-order valence-electron chi connectivity index (χ1n) is 7.82. The summed E-state index contributed by atoms with van der Waals surface area (Å²) < 4.78 is 23.1. The smallest absolute Gasteiger partial charge is 0.325 e. The monoisotopic (exact) mass is 354 g/mol. The Labute approximate surface area is 148 Å². The summed E-state index contributed by atoms with van der Waals surface area (Å²) in [5, 5.41) is 6.25. The molecule has 0 radical (unpaired) electrons. The zero-order valence-corrected chi connectivity index (χ0v) is 13.6. The molecule has 1 N–H and O–H groups in total. The fourth-order valence-electron chi connectivity index (χ4n) is 2.18. The molecule has 0 fully saturated rings. The van der Waals surface area contributed by atoms with E-state index in [1.54, 1.807) is 6.07 Å². The summed E-state index contributed by atoms with van der Waals surface area (Å²) in [5.74, 6) is -0.982. The van der Waals surface area contributed by atoms with Crippen LogP contribution in [0.25, 0.3) is 11.3 Å². The number of nitrogens with zero attached hydrogens (tertiary/aromatic N) is 1. The van der Waals surface area contributed by atoms with E-state index < -0.39 is 17.7 Å². The summed E-state index contributed by atoms with van der Waals surface area (Å²) in [6.07, 6.45) is 0. The van der Waals surface area contributed by atoms with Crippen LogP contribution in [0.2, 0.25) is 0 Å². The molecule has 0 bridgehead atoms. The van der Waals surface area contributed by atoms with Crippen molar-refractivity contribution < 1.29 is 23.2 Å². The van der Waals surface area contributed by atoms with Crippen molar-refractivity contribution in [3.05, 3.63) is 77.7 Å². The van der Waals surface area contributed by atoms with E-state index in [0.29, 0.717) is 11.5 Å². The number of ether oxygens (including phenoxy) is 1. The van der Waals surface area contributed by atoms with Crippen molar-refractivity contribution in [2.45, 2.75) is 6.61 Å². The molecule has 3 aromatic rings. The molecule has 0 unspecified atom stereocenters. The van der Waals surface area contributed by atoms with E-state index in [2.05, 4.69) is 10.5 Å². The summed E-state index contributed by atoms with van der Waals surface area (Å²) in [7, 11) is 0. The third kappa shape index (κ3) is 4.54. The highest BCUT2D eigenvalue weighted by molar-refractivity contribution is 5.95. The Morgan fingerprint density at radius 3 is 2.54 bits per heavy atom. The lowest BCUT2D eigenvalue weighted by atomic mass is 10.2. The number of benzene rings is 2. The first-order chi connectivity index (χ1) is 12.6. The third-order valence-electron chi connectivity index (χ3n) is 3.50. The van der Waals surface area contributed by atoms with Crippen molar-refractivity contribution >= 4 is 11.9 Å². The molecule has 0 saturated carbocycles. The quantitative estimate of drug-likeness (QED) is 0.688. The molecule has 6 nitrogen and oxygen atoms in total. The average molecular weight is 354 g/mol. The Hall–Kier alpha value is -3.48. The second-order valence-electron chi connectivity index (χ2n) is 5.40. The highest BCUT2D eigenvalue weighted by Crippen LogP contribution is 2.19. The molecule has 0 atom stereocenters. The predicted octanol–water partition coefficient (Wildman–Crippen LogP) is 2.95. The Balaban J connectivity index is 1.46. The zero-order chi connectivity index (χ0) is 18.4. The second-order valence-corrected chi connectivity index (χ2v) is 5.40. The summed E-state index contributed by atoms with van der Waals surface area (Å²) in [6, 6.07) is 16.1. The summed E-state index contributed by atoms with van der Waals surface area (Å²) in [6.45, 7) is -0.374. The van der Waals surface area contributed by atoms with Crippen LogP contribution in [-0.4, -0.2) is 23.6 Å². The van der Waals surface area contributed by atoms with Gasteiger partial charge in [0.1, 0.15) is 24.7 Å². The summed E-state index contributed by atoms with van der Waals surface area (Å²) in [5.41, 5.74) is 1.58. The van der Waals surface area contributed by atoms with Gasteiger partial charge >= 0.3 is 5.97 Å². The van der Waals surface area contributed by atoms with Crippen molar-refractivity contribution in [1.82, 2.24) is 10.5 Å². The van der Waals surface area contributed by atoms with Crippen molar-refractivity contribution in [3.63, 3.8) is 0 Å². The van der Waals surface area contributed by atoms with E-state index in [-0.39, 0.29) is 18.7 Å². The van der Waals surface area contributed by atoms with E-state index in [1.165, 1.54) is 24.3 Å². The van der Waals surface area contributed by atoms with E-state index in [0.717, 1.165) is 5.56 Å². The molecule has 3 rings (SSSR count). The largest absolute Gasteiger partial charge is 0.458 e. The van der Waals surface area contributed by atoms with E-state index in [9.17, 15) is 14.0 Å². The fourth-order valence-corrected chi connectivity index (χ4v) is 2.18. The van der Waals surface area contributed by atoms with Gasteiger partial charge in [0, 0.05) is 17.2 Å². The molecule has 1 heterocycles. The Bertz CT molecular complexity index is 891. The standard InChI is InChI=1S/C19H15FN2O4/c20-15-8-6-14(7-9-15)19(24)21-11-18(23)25-12-16-10-17(26-22-16)13-4-2-1-3-5-13/h1-10H,11-12H2,(H,21,24). The number of halogens is 1. The summed E-state index contributed by atoms with van der Waals surface area (Å²) >= 11 is 0. The lowest BCUT2D eigenvalue weighted by Gasteiger charge is -2.05. The van der Waals surface area contributed by atoms with Gasteiger partial charge in [0.15, 0.2) is 5.76 Å². The molecule has 2 aromatic carbocycles. The first kappa shape index (κ1) is 17.3. The highest BCUT2D eigenvalue weighted by Gasteiger charge is 2.11. The third-order valence-corrected chi connectivity index (χ3v) is 3.50. The van der Waals surface area contributed by atoms with Gasteiger partial charge in [-0.3, -0.25) is 9.59 Å². The molecule has 1 aromatic heterocycles. The van der Waals surface area contributed by atoms with Crippen molar-refractivity contribution in [3.8, 4) is 11.3 Å². The maximum Gasteiger partial charge on any atom is 0.325 e. The second kappa shape index (κ2) is 8.06. The molecule has 0 aliphatic carbocycles. The molecule has 26 heavy (non-hydrogen) atoms. The van der Waals surface area contributed by atoms with Crippen LogP contribution >= 0.6 is 0 Å². The van der Waals surface area contributed by atoms with Crippen molar-refractivity contribution in [2.24, 2.45) is 0 Å². The minimum atomic E-state index is -0.621. The number of esters is 1. The molecule has 0 spiro atoms. The van der Waals surface area contributed by atoms with Gasteiger partial charge in [-0.2, -0.15) is 0 Å². The lowest BCUT2D eigenvalue weighted by molar-refractivity contribution is -0.143. The fraction of sp³-hybridized carbons (Fsp3) is 0.105. The number of hydrogen-bond donors (Lipinski definition) is 1. The van der Waals surface area contributed by atoms with E-state index in [4.69, 9.17) is 9.26 Å². The number of nitrogens with one attached hydrogen (secondary N) is 1. The van der Waals surface area contributed by atoms with Gasteiger partial charge in [-0.15, -0.1) is 0 Å². The highest BCUT2D eigenvalue weighted by atomic mass is 19.1. The van der Waals surface area contributed by atoms with Gasteiger partial charge in [0.25, 0.3) is 5.91 Å². The number of hydrogen-bond acceptors (Lipinski definition) is 5. The van der Waals surface area contributed by atoms with Gasteiger partial charge in [-0.25, -0.2) is 4.39 Å². The maximum absolute atomic E-state index is 12.8. The van der Waals surface area contributed by atoms with Gasteiger partial charge in [-0.1, -0.05) is 35.5 Å². The topological polar surface area (TPSA) is 81.4 Å². The van der Waals surface area contributed by atoms with Crippen LogP contribution in [0.5, 0.6) is 0 Å². The molecule has 0 saturated heterocycles. The Morgan fingerprint density at radius 1 is 1.08 bits per heavy atom. The van der Waals surface area contributed by atoms with Gasteiger partial charge in [0.05, 0.1) is 0 Å². The minimum Gasteiger partial charge on any atom is -0.458 e. The number of aromatic nitrogens is 1. The summed E-state index contributed by atoms with van der Waals surface area (Å²) in [4.78, 5) is 23.6. The van der Waals surface area contributed by atoms with Crippen LogP contribution in [-0.2, 0) is 16.1 Å². The maximum atomic E-state index is 12.8. The number of carbonyl (C=O) groups is 2. The number of amides is 1. The van der Waals surface area contributed by atoms with Crippen LogP contribution in [0.3, 0.4) is 0 Å². The molecule has 0 aliphatic rings. The molecule has 0 aliphatic heterocycles. The van der Waals surface area contributed by atoms with Crippen LogP contribution in [0.4, 0.5) is 4.39 Å². The average Bonchev–Trinajstić information content (AvgIpc) is 3.15. The zero-order valence-electron chi connectivity index (χ0n) is 13.6. The van der Waals surface area contributed by atoms with Crippen molar-refractivity contribution in [2.75, 3.05) is 6.54 Å². The van der Waals surface area contributed by atoms with Crippen LogP contribution in [0, 0.1) is 5.82 Å². The van der Waals surface area contributed by atoms with Crippen LogP contribution in [0.1, 0.15) is 16.1 Å². The van der Waals surface area contributed by atoms with Gasteiger partial charge < -0.3 is 14.6 Å². The molecule has 132 valence electrons. The van der Waals surface area contributed by atoms with Crippen molar-refractivity contribution in [1.29, 1.82) is 0 Å². The van der Waals surface area contributed by atoms with E-state index in [1.807, 2.05) is 30.3 Å². The Kier molecular flexibility index (Phi) is 5.38. The van der Waals surface area contributed by atoms with Crippen LogP contribution in [0.15, 0.2) is 65.2 Å². The van der Waals surface area contributed by atoms with Gasteiger partial charge in [-0.05, 0) is 24.3 Å². The molecule has 1 amide bonds. The predicted molar refractivity (Wildman–Crippen MR) is 90.5 cm³/mol. The Morgan fingerprint density at radius 2 is 1.81 bits per heavy atom. The first-order valence-corrected chi connectivity index (χ1v) is 7.82. The normalized spacial score (nSPS) is 10.3. The molecule has 7 heteroatoms. The SMILES string of the molecule is O=C(CNC(=O)c1ccc(F)cc1)OCc1cc(-c2ccccc2)on1. The number of carbonyl (C=O) groups excluding carboxylic acids is 2. The van der Waals surface area contributed by atoms with Gasteiger partial charge in [0.2, 0.25) is 0 Å². The van der Waals surface area contributed by atoms with Crippen LogP contribution < -0.4 is 5.32 Å². The molecular formula is C19H15FN2O4. The molecular weight excluding hydrogens is 339 g/mol. The minimum absolute atomic E-state index is 0.0679.